The normalized spacial score (nSPS) is 11.5. The number of aromatic amines is 1. The van der Waals surface area contributed by atoms with E-state index in [2.05, 4.69) is 9.98 Å². The summed E-state index contributed by atoms with van der Waals surface area (Å²) in [7, 11) is 0. The highest BCUT2D eigenvalue weighted by Crippen LogP contribution is 2.22. The van der Waals surface area contributed by atoms with E-state index in [1.165, 1.54) is 24.4 Å². The van der Waals surface area contributed by atoms with E-state index < -0.39 is 11.6 Å². The number of hydrogen-bond acceptors (Lipinski definition) is 1. The van der Waals surface area contributed by atoms with Crippen LogP contribution in [0.4, 0.5) is 14.5 Å². The lowest BCUT2D eigenvalue weighted by Crippen LogP contribution is -1.86. The number of aliphatic imine (C=N–C) groups is 1. The van der Waals surface area contributed by atoms with Gasteiger partial charge in [0.15, 0.2) is 11.6 Å². The molecule has 0 atom stereocenters. The molecule has 2 nitrogen and oxygen atoms in total. The minimum atomic E-state index is -0.671. The molecule has 0 aliphatic rings. The molecule has 3 rings (SSSR count). The van der Waals surface area contributed by atoms with Crippen molar-refractivity contribution in [3.63, 3.8) is 0 Å². The lowest BCUT2D eigenvalue weighted by Gasteiger charge is -1.99. The Balaban J connectivity index is 2.05. The van der Waals surface area contributed by atoms with Gasteiger partial charge >= 0.3 is 0 Å². The molecule has 0 aliphatic heterocycles. The van der Waals surface area contributed by atoms with Crippen LogP contribution in [0.3, 0.4) is 0 Å². The number of rotatable bonds is 2. The van der Waals surface area contributed by atoms with Crippen LogP contribution in [0.5, 0.6) is 0 Å². The molecule has 0 amide bonds. The Morgan fingerprint density at radius 2 is 1.68 bits per heavy atom. The number of nitrogens with zero attached hydrogens (tertiary/aromatic N) is 1. The first-order chi connectivity index (χ1) is 9.25. The zero-order chi connectivity index (χ0) is 13.2. The number of hydrogen-bond donors (Lipinski definition) is 1. The van der Waals surface area contributed by atoms with E-state index in [1.54, 1.807) is 0 Å². The van der Waals surface area contributed by atoms with Crippen molar-refractivity contribution >= 4 is 22.8 Å². The molecule has 0 radical (unpaired) electrons. The van der Waals surface area contributed by atoms with Gasteiger partial charge in [-0.3, -0.25) is 0 Å². The van der Waals surface area contributed by atoms with Crippen LogP contribution in [-0.2, 0) is 0 Å². The second-order valence-corrected chi connectivity index (χ2v) is 4.12. The van der Waals surface area contributed by atoms with Gasteiger partial charge in [-0.2, -0.15) is 0 Å². The summed E-state index contributed by atoms with van der Waals surface area (Å²) < 4.78 is 26.9. The number of nitrogens with one attached hydrogen (secondary N) is 1. The summed E-state index contributed by atoms with van der Waals surface area (Å²) in [5.74, 6) is -1.34. The summed E-state index contributed by atoms with van der Waals surface area (Å²) in [5.41, 5.74) is 1.40. The van der Waals surface area contributed by atoms with Crippen LogP contribution in [0, 0.1) is 11.6 Å². The van der Waals surface area contributed by atoms with Crippen molar-refractivity contribution in [2.45, 2.75) is 0 Å². The van der Waals surface area contributed by atoms with E-state index >= 15 is 0 Å². The van der Waals surface area contributed by atoms with Crippen molar-refractivity contribution in [1.82, 2.24) is 4.98 Å². The summed E-state index contributed by atoms with van der Waals surface area (Å²) >= 11 is 0. The molecule has 1 heterocycles. The van der Waals surface area contributed by atoms with E-state index in [9.17, 15) is 8.78 Å². The molecule has 1 aromatic heterocycles. The van der Waals surface area contributed by atoms with Gasteiger partial charge < -0.3 is 4.98 Å². The number of aromatic nitrogens is 1. The molecule has 1 N–H and O–H groups in total. The van der Waals surface area contributed by atoms with E-state index in [1.807, 2.05) is 30.5 Å². The number of fused-ring (bicyclic) bond motifs is 1. The van der Waals surface area contributed by atoms with Gasteiger partial charge in [0.1, 0.15) is 5.69 Å². The number of para-hydroxylation sites is 2. The molecular weight excluding hydrogens is 246 g/mol. The van der Waals surface area contributed by atoms with Gasteiger partial charge in [0.25, 0.3) is 0 Å². The first kappa shape index (κ1) is 11.6. The molecule has 4 heteroatoms. The summed E-state index contributed by atoms with van der Waals surface area (Å²) in [4.78, 5) is 6.99. The smallest absolute Gasteiger partial charge is 0.151 e. The standard InChI is InChI=1S/C15H10F2N2/c16-12-5-2-6-13(17)15(12)19-9-11-4-1-3-10-7-8-18-14(10)11/h1-9,18H. The predicted octanol–water partition coefficient (Wildman–Crippen LogP) is 4.20. The Morgan fingerprint density at radius 1 is 0.947 bits per heavy atom. The Hall–Kier alpha value is -2.49. The first-order valence-corrected chi connectivity index (χ1v) is 5.80. The maximum atomic E-state index is 13.4. The zero-order valence-corrected chi connectivity index (χ0v) is 9.90. The molecule has 3 aromatic rings. The molecule has 0 spiro atoms. The van der Waals surface area contributed by atoms with Gasteiger partial charge in [0, 0.05) is 23.4 Å². The van der Waals surface area contributed by atoms with E-state index in [4.69, 9.17) is 0 Å². The molecule has 0 fully saturated rings. The number of H-pyrrole nitrogens is 1. The summed E-state index contributed by atoms with van der Waals surface area (Å²) in [6.07, 6.45) is 3.27. The summed E-state index contributed by atoms with van der Waals surface area (Å²) in [6.45, 7) is 0. The van der Waals surface area contributed by atoms with Crippen LogP contribution in [0.2, 0.25) is 0 Å². The zero-order valence-electron chi connectivity index (χ0n) is 9.90. The fourth-order valence-corrected chi connectivity index (χ4v) is 1.96. The second kappa shape index (κ2) is 4.65. The number of benzene rings is 2. The van der Waals surface area contributed by atoms with E-state index in [0.29, 0.717) is 0 Å². The lowest BCUT2D eigenvalue weighted by molar-refractivity contribution is 0.587. The maximum Gasteiger partial charge on any atom is 0.151 e. The summed E-state index contributed by atoms with van der Waals surface area (Å²) in [6, 6.07) is 11.3. The summed E-state index contributed by atoms with van der Waals surface area (Å²) in [5, 5.41) is 1.03. The topological polar surface area (TPSA) is 28.1 Å². The maximum absolute atomic E-state index is 13.4. The SMILES string of the molecule is Fc1cccc(F)c1N=Cc1cccc2cc[nH]c12. The monoisotopic (exact) mass is 256 g/mol. The van der Waals surface area contributed by atoms with Gasteiger partial charge in [0.2, 0.25) is 0 Å². The van der Waals surface area contributed by atoms with Crippen molar-refractivity contribution in [1.29, 1.82) is 0 Å². The highest BCUT2D eigenvalue weighted by molar-refractivity contribution is 5.98. The van der Waals surface area contributed by atoms with Crippen molar-refractivity contribution < 1.29 is 8.78 Å². The van der Waals surface area contributed by atoms with Crippen LogP contribution >= 0.6 is 0 Å². The fourth-order valence-electron chi connectivity index (χ4n) is 1.96. The molecule has 0 saturated carbocycles. The van der Waals surface area contributed by atoms with Gasteiger partial charge in [-0.1, -0.05) is 24.3 Å². The minimum Gasteiger partial charge on any atom is -0.361 e. The van der Waals surface area contributed by atoms with Crippen molar-refractivity contribution in [3.8, 4) is 0 Å². The number of halogens is 2. The first-order valence-electron chi connectivity index (χ1n) is 5.80. The van der Waals surface area contributed by atoms with Crippen molar-refractivity contribution in [3.05, 3.63) is 65.9 Å². The molecule has 94 valence electrons. The van der Waals surface area contributed by atoms with Crippen molar-refractivity contribution in [2.24, 2.45) is 4.99 Å². The predicted molar refractivity (Wildman–Crippen MR) is 71.9 cm³/mol. The van der Waals surface area contributed by atoms with Crippen LogP contribution < -0.4 is 0 Å². The Labute approximate surface area is 108 Å². The second-order valence-electron chi connectivity index (χ2n) is 4.12. The average molecular weight is 256 g/mol. The molecule has 0 unspecified atom stereocenters. The quantitative estimate of drug-likeness (QED) is 0.666. The largest absolute Gasteiger partial charge is 0.361 e. The average Bonchev–Trinajstić information content (AvgIpc) is 2.87. The molecule has 19 heavy (non-hydrogen) atoms. The fraction of sp³-hybridized carbons (Fsp3) is 0. The Morgan fingerprint density at radius 3 is 2.47 bits per heavy atom. The molecule has 2 aromatic carbocycles. The van der Waals surface area contributed by atoms with Crippen LogP contribution in [0.1, 0.15) is 5.56 Å². The molecule has 0 saturated heterocycles. The van der Waals surface area contributed by atoms with Crippen molar-refractivity contribution in [2.75, 3.05) is 0 Å². The van der Waals surface area contributed by atoms with Gasteiger partial charge in [0.05, 0.1) is 5.52 Å². The van der Waals surface area contributed by atoms with E-state index in [0.717, 1.165) is 16.5 Å². The lowest BCUT2D eigenvalue weighted by atomic mass is 10.1. The third-order valence-electron chi connectivity index (χ3n) is 2.89. The molecule has 0 bridgehead atoms. The van der Waals surface area contributed by atoms with Crippen LogP contribution in [0.25, 0.3) is 10.9 Å². The van der Waals surface area contributed by atoms with E-state index in [-0.39, 0.29) is 5.69 Å². The van der Waals surface area contributed by atoms with Gasteiger partial charge in [-0.15, -0.1) is 0 Å². The highest BCUT2D eigenvalue weighted by atomic mass is 19.1. The molecular formula is C15H10F2N2. The Kier molecular flexibility index (Phi) is 2.83. The molecule has 0 aliphatic carbocycles. The Bertz CT molecular complexity index is 739. The third kappa shape index (κ3) is 2.12. The van der Waals surface area contributed by atoms with Gasteiger partial charge in [-0.05, 0) is 18.2 Å². The van der Waals surface area contributed by atoms with Crippen LogP contribution in [0.15, 0.2) is 53.7 Å². The minimum absolute atomic E-state index is 0.272. The third-order valence-corrected chi connectivity index (χ3v) is 2.89. The van der Waals surface area contributed by atoms with Crippen LogP contribution in [-0.4, -0.2) is 11.2 Å². The van der Waals surface area contributed by atoms with Gasteiger partial charge in [-0.25, -0.2) is 13.8 Å². The highest BCUT2D eigenvalue weighted by Gasteiger charge is 2.06.